The number of pyridine rings is 2. The van der Waals surface area contributed by atoms with E-state index in [1.807, 2.05) is 73.3 Å². The van der Waals surface area contributed by atoms with Crippen LogP contribution in [0.25, 0.3) is 43.4 Å². The minimum absolute atomic E-state index is 0. The highest BCUT2D eigenvalue weighted by Crippen LogP contribution is 2.41. The molecular formula is C56H65ClN6O4Si. The van der Waals surface area contributed by atoms with E-state index in [2.05, 4.69) is 91.3 Å². The number of fused-ring (bicyclic) bond motifs is 6. The van der Waals surface area contributed by atoms with Gasteiger partial charge in [-0.15, -0.1) is 12.4 Å². The molecule has 4 atom stereocenters. The monoisotopic (exact) mass is 948 g/mol. The molecule has 0 spiro atoms. The second kappa shape index (κ2) is 20.2. The third-order valence-corrected chi connectivity index (χ3v) is 19.3. The van der Waals surface area contributed by atoms with Gasteiger partial charge < -0.3 is 9.53 Å². The van der Waals surface area contributed by atoms with E-state index in [0.29, 0.717) is 17.2 Å². The van der Waals surface area contributed by atoms with E-state index >= 15 is 0 Å². The quantitative estimate of drug-likeness (QED) is 0.118. The summed E-state index contributed by atoms with van der Waals surface area (Å²) in [6.07, 6.45) is 16.0. The zero-order chi connectivity index (χ0) is 47.0. The molecule has 2 fully saturated rings. The first-order valence-electron chi connectivity index (χ1n) is 24.2. The van der Waals surface area contributed by atoms with E-state index in [9.17, 15) is 14.7 Å². The van der Waals surface area contributed by atoms with Crippen LogP contribution in [0.15, 0.2) is 120 Å². The minimum Gasteiger partial charge on any atom is -0.412 e. The van der Waals surface area contributed by atoms with Crippen LogP contribution < -0.4 is 11.1 Å². The molecule has 12 heteroatoms. The van der Waals surface area contributed by atoms with Crippen LogP contribution in [-0.4, -0.2) is 54.7 Å². The molecule has 0 unspecified atom stereocenters. The Hall–Kier alpha value is -5.59. The van der Waals surface area contributed by atoms with Gasteiger partial charge in [-0.25, -0.2) is 9.97 Å². The number of aliphatic hydroxyl groups excluding tert-OH is 1. The molecule has 4 heterocycles. The van der Waals surface area contributed by atoms with E-state index in [4.69, 9.17) is 9.41 Å². The standard InChI is InChI=1S/C31H39N3O2Si.C25H25N3O2.ClH/c1-21-15-16-22(19-32-21)17-23-18-26-29(25-12-8-7-11-24(23)25)33-20-34(30(26)35)27-13-9-10-14-28(27)36-37(5,6)31(2,3)4;1-16-10-11-17(14-26-16)12-18-13-21-24(20-7-3-2-6-19(18)20)27-15-28(25(21)30)22-8-4-5-9-23(22)29;/h7-8,11-12,15-16,18-20,27-28H,9-10,13-14,17H2,1-6H3;2-3,6-7,10-11,13-15,22-23,29H,4-5,8-9,12H2,1H3;1H/t27-,28-;22-,23-;/m00./s1. The molecule has 0 aliphatic heterocycles. The first-order valence-corrected chi connectivity index (χ1v) is 27.1. The highest BCUT2D eigenvalue weighted by atomic mass is 35.5. The van der Waals surface area contributed by atoms with Crippen molar-refractivity contribution in [3.63, 3.8) is 0 Å². The summed E-state index contributed by atoms with van der Waals surface area (Å²) in [4.78, 5) is 46.0. The maximum absolute atomic E-state index is 14.1. The van der Waals surface area contributed by atoms with Gasteiger partial charge in [-0.2, -0.15) is 0 Å². The zero-order valence-electron chi connectivity index (χ0n) is 40.5. The molecule has 4 aromatic heterocycles. The van der Waals surface area contributed by atoms with Crippen molar-refractivity contribution >= 4 is 64.1 Å². The molecule has 354 valence electrons. The van der Waals surface area contributed by atoms with Crippen molar-refractivity contribution in [2.45, 2.75) is 141 Å². The maximum atomic E-state index is 14.1. The summed E-state index contributed by atoms with van der Waals surface area (Å²) < 4.78 is 10.4. The zero-order valence-corrected chi connectivity index (χ0v) is 42.4. The van der Waals surface area contributed by atoms with Crippen molar-refractivity contribution in [1.82, 2.24) is 29.1 Å². The maximum Gasteiger partial charge on any atom is 0.261 e. The van der Waals surface area contributed by atoms with Crippen molar-refractivity contribution in [3.8, 4) is 0 Å². The first kappa shape index (κ1) is 48.8. The Balaban J connectivity index is 0.000000185. The molecule has 2 aliphatic carbocycles. The molecule has 10 nitrogen and oxygen atoms in total. The van der Waals surface area contributed by atoms with Gasteiger partial charge in [0.15, 0.2) is 8.32 Å². The predicted octanol–water partition coefficient (Wildman–Crippen LogP) is 12.1. The van der Waals surface area contributed by atoms with Gasteiger partial charge in [0.05, 0.1) is 58.8 Å². The largest absolute Gasteiger partial charge is 0.412 e. The fraction of sp³-hybridized carbons (Fsp3) is 0.393. The Kier molecular flexibility index (Phi) is 14.5. The number of aliphatic hydroxyl groups is 1. The second-order valence-corrected chi connectivity index (χ2v) is 25.3. The lowest BCUT2D eigenvalue weighted by Crippen LogP contribution is -2.48. The fourth-order valence-corrected chi connectivity index (χ4v) is 11.4. The summed E-state index contributed by atoms with van der Waals surface area (Å²) in [6, 6.07) is 28.5. The van der Waals surface area contributed by atoms with Crippen LogP contribution in [0.3, 0.4) is 0 Å². The van der Waals surface area contributed by atoms with Gasteiger partial charge in [0, 0.05) is 34.6 Å². The summed E-state index contributed by atoms with van der Waals surface area (Å²) >= 11 is 0. The average molecular weight is 950 g/mol. The van der Waals surface area contributed by atoms with Gasteiger partial charge in [0.25, 0.3) is 11.1 Å². The third kappa shape index (κ3) is 9.95. The average Bonchev–Trinajstić information content (AvgIpc) is 3.31. The Bertz CT molecular complexity index is 3200. The Morgan fingerprint density at radius 2 is 1.04 bits per heavy atom. The van der Waals surface area contributed by atoms with Crippen LogP contribution in [0, 0.1) is 13.8 Å². The Morgan fingerprint density at radius 1 is 0.603 bits per heavy atom. The minimum atomic E-state index is -1.97. The summed E-state index contributed by atoms with van der Waals surface area (Å²) in [7, 11) is -1.97. The summed E-state index contributed by atoms with van der Waals surface area (Å²) in [5.41, 5.74) is 7.92. The molecule has 0 amide bonds. The highest BCUT2D eigenvalue weighted by molar-refractivity contribution is 6.74. The van der Waals surface area contributed by atoms with E-state index in [0.717, 1.165) is 124 Å². The van der Waals surface area contributed by atoms with Crippen molar-refractivity contribution in [1.29, 1.82) is 0 Å². The van der Waals surface area contributed by atoms with Crippen molar-refractivity contribution < 1.29 is 9.53 Å². The third-order valence-electron chi connectivity index (χ3n) is 14.8. The van der Waals surface area contributed by atoms with Gasteiger partial charge >= 0.3 is 0 Å². The Morgan fingerprint density at radius 3 is 1.50 bits per heavy atom. The van der Waals surface area contributed by atoms with E-state index in [1.165, 1.54) is 0 Å². The number of rotatable bonds is 8. The normalized spacial score (nSPS) is 18.9. The fourth-order valence-electron chi connectivity index (χ4n) is 10.0. The first-order chi connectivity index (χ1) is 32.2. The number of halogens is 1. The SMILES string of the molecule is Cc1ccc(Cc2cc3c(=O)n([C@H]4CCCC[C@@H]4O)cnc3c3ccccc23)cn1.Cc1ccc(Cc2cc3c(=O)n([C@H]4CCCC[C@@H]4O[Si](C)(C)C(C)(C)C)cnc3c3ccccc23)cn1.Cl. The highest BCUT2D eigenvalue weighted by Gasteiger charge is 2.42. The summed E-state index contributed by atoms with van der Waals surface area (Å²) in [5, 5.41) is 16.1. The van der Waals surface area contributed by atoms with Crippen LogP contribution in [0.4, 0.5) is 0 Å². The summed E-state index contributed by atoms with van der Waals surface area (Å²) in [5.74, 6) is 0. The molecule has 2 saturated carbocycles. The van der Waals surface area contributed by atoms with Crippen molar-refractivity contribution in [2.75, 3.05) is 0 Å². The molecule has 0 bridgehead atoms. The van der Waals surface area contributed by atoms with Gasteiger partial charge in [-0.1, -0.05) is 107 Å². The lowest BCUT2D eigenvalue weighted by Gasteiger charge is -2.43. The lowest BCUT2D eigenvalue weighted by atomic mass is 9.92. The van der Waals surface area contributed by atoms with Gasteiger partial charge in [0.1, 0.15) is 0 Å². The van der Waals surface area contributed by atoms with E-state index < -0.39 is 14.4 Å². The Labute approximate surface area is 406 Å². The molecular weight excluding hydrogens is 884 g/mol. The molecule has 68 heavy (non-hydrogen) atoms. The molecule has 0 saturated heterocycles. The molecule has 2 aliphatic rings. The molecule has 0 radical (unpaired) electrons. The van der Waals surface area contributed by atoms with Crippen LogP contribution in [0.2, 0.25) is 18.1 Å². The van der Waals surface area contributed by atoms with Crippen molar-refractivity contribution in [2.24, 2.45) is 0 Å². The summed E-state index contributed by atoms with van der Waals surface area (Å²) in [6.45, 7) is 15.4. The number of nitrogens with zero attached hydrogens (tertiary/aromatic N) is 6. The molecule has 10 rings (SSSR count). The van der Waals surface area contributed by atoms with Crippen molar-refractivity contribution in [3.05, 3.63) is 164 Å². The number of benzene rings is 4. The molecule has 1 N–H and O–H groups in total. The number of hydrogen-bond donors (Lipinski definition) is 1. The number of hydrogen-bond acceptors (Lipinski definition) is 8. The van der Waals surface area contributed by atoms with E-state index in [-0.39, 0.29) is 46.8 Å². The van der Waals surface area contributed by atoms with E-state index in [1.54, 1.807) is 17.2 Å². The topological polar surface area (TPSA) is 125 Å². The lowest BCUT2D eigenvalue weighted by molar-refractivity contribution is 0.0735. The number of aromatic nitrogens is 6. The van der Waals surface area contributed by atoms with Gasteiger partial charge in [-0.05, 0) is 128 Å². The smallest absolute Gasteiger partial charge is 0.261 e. The van der Waals surface area contributed by atoms with Crippen LogP contribution in [0.1, 0.15) is 118 Å². The van der Waals surface area contributed by atoms with Crippen LogP contribution in [0.5, 0.6) is 0 Å². The van der Waals surface area contributed by atoms with Crippen LogP contribution >= 0.6 is 12.4 Å². The van der Waals surface area contributed by atoms with Crippen LogP contribution in [-0.2, 0) is 17.3 Å². The van der Waals surface area contributed by atoms with Gasteiger partial charge in [-0.3, -0.25) is 28.7 Å². The number of aryl methyl sites for hydroxylation is 2. The predicted molar refractivity (Wildman–Crippen MR) is 281 cm³/mol. The second-order valence-electron chi connectivity index (χ2n) is 20.5. The molecule has 8 aromatic rings. The van der Waals surface area contributed by atoms with Gasteiger partial charge in [0.2, 0.25) is 0 Å². The molecule has 4 aromatic carbocycles.